The molecule has 3 nitrogen and oxygen atoms in total. The molecular weight excluding hydrogens is 310 g/mol. The number of nitrogens with zero attached hydrogens (tertiary/aromatic N) is 1. The third-order valence-electron chi connectivity index (χ3n) is 4.57. The number of aromatic nitrogens is 1. The minimum atomic E-state index is 0.125. The highest BCUT2D eigenvalue weighted by Gasteiger charge is 2.15. The van der Waals surface area contributed by atoms with Crippen molar-refractivity contribution in [2.45, 2.75) is 26.2 Å². The molecule has 0 saturated heterocycles. The third kappa shape index (κ3) is 2.62. The molecule has 25 heavy (non-hydrogen) atoms. The van der Waals surface area contributed by atoms with E-state index >= 15 is 0 Å². The summed E-state index contributed by atoms with van der Waals surface area (Å²) in [7, 11) is 0. The second kappa shape index (κ2) is 5.55. The van der Waals surface area contributed by atoms with E-state index in [0.717, 1.165) is 28.3 Å². The second-order valence-corrected chi connectivity index (χ2v) is 7.32. The molecule has 0 radical (unpaired) electrons. The van der Waals surface area contributed by atoms with Crippen LogP contribution in [0, 0.1) is 0 Å². The predicted molar refractivity (Wildman–Crippen MR) is 101 cm³/mol. The minimum absolute atomic E-state index is 0.125. The van der Waals surface area contributed by atoms with Gasteiger partial charge >= 0.3 is 0 Å². The van der Waals surface area contributed by atoms with Crippen LogP contribution in [0.4, 0.5) is 0 Å². The van der Waals surface area contributed by atoms with Crippen LogP contribution in [0.5, 0.6) is 0 Å². The SMILES string of the molecule is CC(C)(C)c1ccc(-c2ccc3c(n2)oc2c(C=O)cccc23)cc1. The van der Waals surface area contributed by atoms with Gasteiger partial charge in [-0.15, -0.1) is 0 Å². The number of hydrogen-bond acceptors (Lipinski definition) is 3. The number of para-hydroxylation sites is 1. The summed E-state index contributed by atoms with van der Waals surface area (Å²) in [5, 5.41) is 1.84. The van der Waals surface area contributed by atoms with Crippen molar-refractivity contribution in [1.82, 2.24) is 4.98 Å². The lowest BCUT2D eigenvalue weighted by Crippen LogP contribution is -2.10. The molecule has 0 amide bonds. The Hall–Kier alpha value is -2.94. The minimum Gasteiger partial charge on any atom is -0.437 e. The molecule has 4 aromatic rings. The summed E-state index contributed by atoms with van der Waals surface area (Å²) >= 11 is 0. The summed E-state index contributed by atoms with van der Waals surface area (Å²) in [6.45, 7) is 6.60. The first-order chi connectivity index (χ1) is 12.0. The molecule has 0 fully saturated rings. The Balaban J connectivity index is 1.84. The topological polar surface area (TPSA) is 43.1 Å². The van der Waals surface area contributed by atoms with Gasteiger partial charge in [-0.3, -0.25) is 4.79 Å². The van der Waals surface area contributed by atoms with Crippen LogP contribution in [-0.4, -0.2) is 11.3 Å². The highest BCUT2D eigenvalue weighted by Crippen LogP contribution is 2.32. The van der Waals surface area contributed by atoms with E-state index in [0.29, 0.717) is 16.9 Å². The smallest absolute Gasteiger partial charge is 0.227 e. The molecule has 4 rings (SSSR count). The van der Waals surface area contributed by atoms with Crippen LogP contribution in [0.15, 0.2) is 59.0 Å². The number of benzene rings is 2. The molecule has 0 N–H and O–H groups in total. The van der Waals surface area contributed by atoms with Gasteiger partial charge in [-0.25, -0.2) is 4.98 Å². The first kappa shape index (κ1) is 15.6. The molecule has 0 aliphatic rings. The molecule has 2 aromatic carbocycles. The maximum absolute atomic E-state index is 11.2. The molecule has 2 aromatic heterocycles. The maximum Gasteiger partial charge on any atom is 0.227 e. The zero-order valence-corrected chi connectivity index (χ0v) is 14.5. The van der Waals surface area contributed by atoms with Gasteiger partial charge in [0.05, 0.1) is 11.3 Å². The fourth-order valence-corrected chi connectivity index (χ4v) is 3.10. The zero-order valence-electron chi connectivity index (χ0n) is 14.5. The highest BCUT2D eigenvalue weighted by atomic mass is 16.3. The number of aldehydes is 1. The van der Waals surface area contributed by atoms with Gasteiger partial charge in [0.15, 0.2) is 6.29 Å². The standard InChI is InChI=1S/C22H19NO2/c1-22(2,3)16-9-7-14(8-10-16)19-12-11-18-17-6-4-5-15(13-24)20(17)25-21(18)23-19/h4-13H,1-3H3. The molecule has 3 heteroatoms. The number of carbonyl (C=O) groups excluding carboxylic acids is 1. The first-order valence-electron chi connectivity index (χ1n) is 8.36. The van der Waals surface area contributed by atoms with E-state index in [4.69, 9.17) is 4.42 Å². The predicted octanol–water partition coefficient (Wildman–Crippen LogP) is 5.76. The van der Waals surface area contributed by atoms with Crippen molar-refractivity contribution in [2.75, 3.05) is 0 Å². The normalized spacial score (nSPS) is 12.0. The van der Waals surface area contributed by atoms with Gasteiger partial charge in [-0.2, -0.15) is 0 Å². The Labute approximate surface area is 146 Å². The lowest BCUT2D eigenvalue weighted by atomic mass is 9.86. The molecule has 0 unspecified atom stereocenters. The number of fused-ring (bicyclic) bond motifs is 3. The van der Waals surface area contributed by atoms with Gasteiger partial charge in [0, 0.05) is 16.3 Å². The number of rotatable bonds is 2. The summed E-state index contributed by atoms with van der Waals surface area (Å²) < 4.78 is 5.87. The van der Waals surface area contributed by atoms with E-state index in [9.17, 15) is 4.79 Å². The summed E-state index contributed by atoms with van der Waals surface area (Å²) in [6.07, 6.45) is 0.816. The summed E-state index contributed by atoms with van der Waals surface area (Å²) in [5.41, 5.74) is 5.02. The molecule has 0 saturated carbocycles. The highest BCUT2D eigenvalue weighted by molar-refractivity contribution is 6.08. The lowest BCUT2D eigenvalue weighted by Gasteiger charge is -2.19. The van der Waals surface area contributed by atoms with Crippen LogP contribution in [0.2, 0.25) is 0 Å². The van der Waals surface area contributed by atoms with E-state index in [2.05, 4.69) is 50.0 Å². The Morgan fingerprint density at radius 2 is 1.68 bits per heavy atom. The van der Waals surface area contributed by atoms with Gasteiger partial charge < -0.3 is 4.42 Å². The van der Waals surface area contributed by atoms with Crippen molar-refractivity contribution >= 4 is 28.4 Å². The fraction of sp³-hybridized carbons (Fsp3) is 0.182. The summed E-state index contributed by atoms with van der Waals surface area (Å²) in [6, 6.07) is 18.0. The monoisotopic (exact) mass is 329 g/mol. The molecular formula is C22H19NO2. The van der Waals surface area contributed by atoms with Crippen LogP contribution >= 0.6 is 0 Å². The summed E-state index contributed by atoms with van der Waals surface area (Å²) in [5.74, 6) is 0. The van der Waals surface area contributed by atoms with E-state index < -0.39 is 0 Å². The van der Waals surface area contributed by atoms with E-state index in [1.807, 2.05) is 24.3 Å². The Morgan fingerprint density at radius 1 is 0.920 bits per heavy atom. The quantitative estimate of drug-likeness (QED) is 0.439. The van der Waals surface area contributed by atoms with Gasteiger partial charge in [0.25, 0.3) is 0 Å². The Morgan fingerprint density at radius 3 is 2.36 bits per heavy atom. The molecule has 0 spiro atoms. The van der Waals surface area contributed by atoms with Crippen LogP contribution in [-0.2, 0) is 5.41 Å². The zero-order chi connectivity index (χ0) is 17.6. The van der Waals surface area contributed by atoms with Crippen LogP contribution in [0.1, 0.15) is 36.7 Å². The van der Waals surface area contributed by atoms with Crippen molar-refractivity contribution in [3.63, 3.8) is 0 Å². The van der Waals surface area contributed by atoms with Crippen LogP contribution in [0.3, 0.4) is 0 Å². The van der Waals surface area contributed by atoms with E-state index in [1.165, 1.54) is 5.56 Å². The van der Waals surface area contributed by atoms with Crippen molar-refractivity contribution in [1.29, 1.82) is 0 Å². The van der Waals surface area contributed by atoms with Gasteiger partial charge in [0.2, 0.25) is 5.71 Å². The molecule has 2 heterocycles. The lowest BCUT2D eigenvalue weighted by molar-refractivity contribution is 0.112. The average molecular weight is 329 g/mol. The number of pyridine rings is 1. The molecule has 0 aliphatic heterocycles. The third-order valence-corrected chi connectivity index (χ3v) is 4.57. The van der Waals surface area contributed by atoms with Gasteiger partial charge in [-0.1, -0.05) is 57.2 Å². The number of hydrogen-bond donors (Lipinski definition) is 0. The van der Waals surface area contributed by atoms with Crippen LogP contribution < -0.4 is 0 Å². The average Bonchev–Trinajstić information content (AvgIpc) is 2.99. The molecule has 124 valence electrons. The van der Waals surface area contributed by atoms with Gasteiger partial charge in [0.1, 0.15) is 5.58 Å². The van der Waals surface area contributed by atoms with Crippen molar-refractivity contribution in [3.8, 4) is 11.3 Å². The van der Waals surface area contributed by atoms with E-state index in [1.54, 1.807) is 6.07 Å². The van der Waals surface area contributed by atoms with E-state index in [-0.39, 0.29) is 5.41 Å². The van der Waals surface area contributed by atoms with Crippen LogP contribution in [0.25, 0.3) is 33.3 Å². The largest absolute Gasteiger partial charge is 0.437 e. The molecule has 0 atom stereocenters. The van der Waals surface area contributed by atoms with Crippen molar-refractivity contribution < 1.29 is 9.21 Å². The molecule has 0 bridgehead atoms. The molecule has 0 aliphatic carbocycles. The first-order valence-corrected chi connectivity index (χ1v) is 8.36. The summed E-state index contributed by atoms with van der Waals surface area (Å²) in [4.78, 5) is 15.9. The Kier molecular flexibility index (Phi) is 3.46. The fourth-order valence-electron chi connectivity index (χ4n) is 3.10. The second-order valence-electron chi connectivity index (χ2n) is 7.32. The number of carbonyl (C=O) groups is 1. The number of furan rings is 1. The maximum atomic E-state index is 11.2. The van der Waals surface area contributed by atoms with Gasteiger partial charge in [-0.05, 0) is 29.2 Å². The Bertz CT molecular complexity index is 1080. The van der Waals surface area contributed by atoms with Crippen molar-refractivity contribution in [3.05, 3.63) is 65.7 Å². The van der Waals surface area contributed by atoms with Crippen molar-refractivity contribution in [2.24, 2.45) is 0 Å².